The highest BCUT2D eigenvalue weighted by Crippen LogP contribution is 2.31. The quantitative estimate of drug-likeness (QED) is 0.258. The highest BCUT2D eigenvalue weighted by molar-refractivity contribution is 7.22. The molecule has 0 aliphatic heterocycles. The maximum Gasteiger partial charge on any atom is 0.266 e. The molecule has 2 aromatic carbocycles. The van der Waals surface area contributed by atoms with Crippen molar-refractivity contribution >= 4 is 68.2 Å². The Bertz CT molecular complexity index is 1210. The number of nitrogens with zero attached hydrogens (tertiary/aromatic N) is 4. The molecule has 2 aromatic heterocycles. The third kappa shape index (κ3) is 6.38. The number of aromatic nitrogens is 3. The molecule has 2 heterocycles. The van der Waals surface area contributed by atoms with Crippen molar-refractivity contribution in [2.75, 3.05) is 18.1 Å². The van der Waals surface area contributed by atoms with E-state index in [9.17, 15) is 4.79 Å². The van der Waals surface area contributed by atoms with E-state index in [0.717, 1.165) is 29.6 Å². The number of ether oxygens (including phenoxy) is 1. The molecule has 0 atom stereocenters. The number of fused-ring (bicyclic) bond motifs is 1. The molecule has 33 heavy (non-hydrogen) atoms. The highest BCUT2D eigenvalue weighted by atomic mass is 35.5. The largest absolute Gasteiger partial charge is 0.482 e. The van der Waals surface area contributed by atoms with Gasteiger partial charge in [0, 0.05) is 30.5 Å². The molecule has 0 unspecified atom stereocenters. The second-order valence-electron chi connectivity index (χ2n) is 7.21. The van der Waals surface area contributed by atoms with Gasteiger partial charge in [-0.1, -0.05) is 47.5 Å². The average Bonchev–Trinajstić information content (AvgIpc) is 3.45. The normalized spacial score (nSPS) is 10.8. The van der Waals surface area contributed by atoms with Crippen LogP contribution in [-0.4, -0.2) is 33.6 Å². The Morgan fingerprint density at radius 2 is 2.06 bits per heavy atom. The minimum Gasteiger partial charge on any atom is -0.482 e. The van der Waals surface area contributed by atoms with Gasteiger partial charge in [0.05, 0.1) is 21.6 Å². The van der Waals surface area contributed by atoms with Crippen LogP contribution in [0.4, 0.5) is 5.13 Å². The summed E-state index contributed by atoms with van der Waals surface area (Å²) in [6.45, 7) is 3.23. The Balaban J connectivity index is 0.00000306. The van der Waals surface area contributed by atoms with Crippen LogP contribution in [-0.2, 0) is 17.8 Å². The molecule has 0 fully saturated rings. The molecule has 0 radical (unpaired) electrons. The van der Waals surface area contributed by atoms with Crippen molar-refractivity contribution in [2.45, 2.75) is 26.3 Å². The first-order valence-corrected chi connectivity index (χ1v) is 11.8. The molecule has 0 saturated carbocycles. The van der Waals surface area contributed by atoms with Crippen molar-refractivity contribution in [1.29, 1.82) is 0 Å². The molecule has 4 rings (SSSR count). The van der Waals surface area contributed by atoms with Crippen molar-refractivity contribution in [1.82, 2.24) is 14.5 Å². The Morgan fingerprint density at radius 3 is 2.79 bits per heavy atom. The van der Waals surface area contributed by atoms with Gasteiger partial charge >= 0.3 is 0 Å². The van der Waals surface area contributed by atoms with Gasteiger partial charge in [-0.15, -0.1) is 12.4 Å². The lowest BCUT2D eigenvalue weighted by molar-refractivity contribution is -0.120. The summed E-state index contributed by atoms with van der Waals surface area (Å²) in [5, 5.41) is 1.54. The van der Waals surface area contributed by atoms with Crippen LogP contribution >= 0.6 is 46.9 Å². The summed E-state index contributed by atoms with van der Waals surface area (Å²) >= 11 is 13.6. The Labute approximate surface area is 212 Å². The molecule has 0 aliphatic carbocycles. The van der Waals surface area contributed by atoms with Crippen molar-refractivity contribution in [3.05, 3.63) is 70.7 Å². The number of anilines is 1. The van der Waals surface area contributed by atoms with Crippen LogP contribution in [0.1, 0.15) is 18.9 Å². The van der Waals surface area contributed by atoms with E-state index >= 15 is 0 Å². The molecular formula is C23H23Cl3N4O2S. The summed E-state index contributed by atoms with van der Waals surface area (Å²) in [6, 6.07) is 11.1. The van der Waals surface area contributed by atoms with Crippen LogP contribution in [0.3, 0.4) is 0 Å². The third-order valence-corrected chi connectivity index (χ3v) is 6.56. The maximum atomic E-state index is 13.2. The molecular weight excluding hydrogens is 503 g/mol. The molecule has 6 nitrogen and oxygen atoms in total. The van der Waals surface area contributed by atoms with E-state index in [4.69, 9.17) is 32.9 Å². The number of hydrogen-bond donors (Lipinski definition) is 0. The van der Waals surface area contributed by atoms with E-state index in [0.29, 0.717) is 27.5 Å². The molecule has 4 aromatic rings. The predicted molar refractivity (Wildman–Crippen MR) is 137 cm³/mol. The SMILES string of the molecule is CCc1ccc2nc(N(CCCn3ccnc3)C(=O)COc3ccc(Cl)cc3Cl)sc2c1.Cl. The van der Waals surface area contributed by atoms with Crippen LogP contribution in [0.5, 0.6) is 5.75 Å². The van der Waals surface area contributed by atoms with Gasteiger partial charge < -0.3 is 9.30 Å². The van der Waals surface area contributed by atoms with Crippen LogP contribution in [0.2, 0.25) is 10.0 Å². The van der Waals surface area contributed by atoms with E-state index in [1.54, 1.807) is 35.6 Å². The summed E-state index contributed by atoms with van der Waals surface area (Å²) in [5.41, 5.74) is 2.13. The molecule has 1 amide bonds. The smallest absolute Gasteiger partial charge is 0.266 e. The zero-order valence-corrected chi connectivity index (χ0v) is 21.1. The summed E-state index contributed by atoms with van der Waals surface area (Å²) in [7, 11) is 0. The van der Waals surface area contributed by atoms with Crippen molar-refractivity contribution < 1.29 is 9.53 Å². The predicted octanol–water partition coefficient (Wildman–Crippen LogP) is 6.29. The first kappa shape index (κ1) is 25.3. The van der Waals surface area contributed by atoms with Gasteiger partial charge in [0.25, 0.3) is 5.91 Å². The van der Waals surface area contributed by atoms with Crippen molar-refractivity contribution in [3.8, 4) is 5.75 Å². The number of rotatable bonds is 9. The third-order valence-electron chi connectivity index (χ3n) is 4.98. The fraction of sp³-hybridized carbons (Fsp3) is 0.261. The lowest BCUT2D eigenvalue weighted by atomic mass is 10.2. The van der Waals surface area contributed by atoms with Crippen LogP contribution < -0.4 is 9.64 Å². The second-order valence-corrected chi connectivity index (χ2v) is 9.07. The number of imidazole rings is 1. The van der Waals surface area contributed by atoms with Crippen molar-refractivity contribution in [2.24, 2.45) is 0 Å². The van der Waals surface area contributed by atoms with Crippen LogP contribution in [0.25, 0.3) is 10.2 Å². The Kier molecular flexibility index (Phi) is 8.97. The minimum absolute atomic E-state index is 0. The van der Waals surface area contributed by atoms with Gasteiger partial charge in [0.15, 0.2) is 11.7 Å². The number of aryl methyl sites for hydroxylation is 2. The molecule has 0 aliphatic rings. The molecule has 10 heteroatoms. The molecule has 0 bridgehead atoms. The Hall–Kier alpha value is -2.32. The van der Waals surface area contributed by atoms with E-state index in [-0.39, 0.29) is 24.9 Å². The van der Waals surface area contributed by atoms with Gasteiger partial charge in [-0.2, -0.15) is 0 Å². The summed E-state index contributed by atoms with van der Waals surface area (Å²) in [4.78, 5) is 23.6. The first-order valence-electron chi connectivity index (χ1n) is 10.3. The number of halogens is 3. The summed E-state index contributed by atoms with van der Waals surface area (Å²) in [5.74, 6) is 0.232. The van der Waals surface area contributed by atoms with Gasteiger partial charge in [-0.25, -0.2) is 9.97 Å². The van der Waals surface area contributed by atoms with E-state index in [1.807, 2.05) is 16.8 Å². The second kappa shape index (κ2) is 11.7. The number of carbonyl (C=O) groups excluding carboxylic acids is 1. The fourth-order valence-corrected chi connectivity index (χ4v) is 4.79. The van der Waals surface area contributed by atoms with Crippen molar-refractivity contribution in [3.63, 3.8) is 0 Å². The molecule has 0 saturated heterocycles. The monoisotopic (exact) mass is 524 g/mol. The number of amides is 1. The Morgan fingerprint density at radius 1 is 1.21 bits per heavy atom. The lowest BCUT2D eigenvalue weighted by Gasteiger charge is -2.20. The summed E-state index contributed by atoms with van der Waals surface area (Å²) in [6.07, 6.45) is 7.11. The average molecular weight is 526 g/mol. The number of hydrogen-bond acceptors (Lipinski definition) is 5. The van der Waals surface area contributed by atoms with E-state index in [1.165, 1.54) is 16.9 Å². The van der Waals surface area contributed by atoms with Gasteiger partial charge in [0.2, 0.25) is 0 Å². The molecule has 174 valence electrons. The number of carbonyl (C=O) groups is 1. The topological polar surface area (TPSA) is 60.2 Å². The fourth-order valence-electron chi connectivity index (χ4n) is 3.26. The first-order chi connectivity index (χ1) is 15.5. The maximum absolute atomic E-state index is 13.2. The van der Waals surface area contributed by atoms with Gasteiger partial charge in [-0.3, -0.25) is 9.69 Å². The van der Waals surface area contributed by atoms with E-state index < -0.39 is 0 Å². The van der Waals surface area contributed by atoms with Gasteiger partial charge in [0.1, 0.15) is 5.75 Å². The minimum atomic E-state index is -0.184. The van der Waals surface area contributed by atoms with E-state index in [2.05, 4.69) is 24.0 Å². The standard InChI is InChI=1S/C23H22Cl2N4O2S.ClH/c1-2-16-4-6-19-21(12-16)32-23(27-19)29(10-3-9-28-11-8-26-15-28)22(30)14-31-20-7-5-17(24)13-18(20)25;/h4-8,11-13,15H,2-3,9-10,14H2,1H3;1H. The number of thiazole rings is 1. The van der Waals surface area contributed by atoms with Crippen LogP contribution in [0.15, 0.2) is 55.1 Å². The molecule has 0 spiro atoms. The number of benzene rings is 2. The highest BCUT2D eigenvalue weighted by Gasteiger charge is 2.21. The summed E-state index contributed by atoms with van der Waals surface area (Å²) < 4.78 is 8.75. The molecule has 0 N–H and O–H groups in total. The zero-order valence-electron chi connectivity index (χ0n) is 17.9. The lowest BCUT2D eigenvalue weighted by Crippen LogP contribution is -2.36. The van der Waals surface area contributed by atoms with Gasteiger partial charge in [-0.05, 0) is 48.7 Å². The zero-order chi connectivity index (χ0) is 22.5. The van der Waals surface area contributed by atoms with Crippen LogP contribution in [0, 0.1) is 0 Å².